The van der Waals surface area contributed by atoms with Crippen LogP contribution in [0.15, 0.2) is 30.3 Å². The molecule has 0 N–H and O–H groups in total. The minimum absolute atomic E-state index is 0.0574. The number of thiophene rings is 1. The van der Waals surface area contributed by atoms with Crippen LogP contribution in [-0.2, 0) is 32.6 Å². The Labute approximate surface area is 249 Å². The predicted octanol–water partition coefficient (Wildman–Crippen LogP) is 5.08. The van der Waals surface area contributed by atoms with Gasteiger partial charge in [0.2, 0.25) is 15.9 Å². The molecule has 0 aliphatic heterocycles. The lowest BCUT2D eigenvalue weighted by atomic mass is 9.70. The van der Waals surface area contributed by atoms with Crippen molar-refractivity contribution < 1.29 is 27.5 Å². The molecule has 2 bridgehead atoms. The molecular formula is C31H44N2O6S2. The van der Waals surface area contributed by atoms with Crippen LogP contribution in [0, 0.1) is 23.7 Å². The second-order valence-electron chi connectivity index (χ2n) is 12.3. The Morgan fingerprint density at radius 1 is 1.12 bits per heavy atom. The van der Waals surface area contributed by atoms with E-state index in [1.165, 1.54) is 4.31 Å². The molecule has 1 heterocycles. The average molecular weight is 605 g/mol. The van der Waals surface area contributed by atoms with Gasteiger partial charge in [0.25, 0.3) is 0 Å². The Kier molecular flexibility index (Phi) is 9.26. The van der Waals surface area contributed by atoms with Crippen molar-refractivity contribution in [3.63, 3.8) is 0 Å². The molecule has 0 spiro atoms. The SMILES string of the molecule is COc1ccc(CCN(Cc2ccc(C)s2)C(=O)CN(C(C)C)S(=O)(=O)CC23CCC(CC2=O)C3(C)C)cc1OC. The molecule has 8 nitrogen and oxygen atoms in total. The smallest absolute Gasteiger partial charge is 0.238 e. The largest absolute Gasteiger partial charge is 0.493 e. The molecule has 2 aromatic rings. The maximum Gasteiger partial charge on any atom is 0.238 e. The molecule has 4 rings (SSSR count). The first-order chi connectivity index (χ1) is 19.2. The lowest BCUT2D eigenvalue weighted by Gasteiger charge is -2.38. The summed E-state index contributed by atoms with van der Waals surface area (Å²) < 4.78 is 40.0. The first-order valence-corrected chi connectivity index (χ1v) is 16.7. The lowest BCUT2D eigenvalue weighted by Crippen LogP contribution is -2.51. The van der Waals surface area contributed by atoms with Gasteiger partial charge in [0, 0.05) is 34.2 Å². The van der Waals surface area contributed by atoms with E-state index in [0.717, 1.165) is 21.7 Å². The van der Waals surface area contributed by atoms with Gasteiger partial charge in [0.15, 0.2) is 11.5 Å². The third-order valence-corrected chi connectivity index (χ3v) is 12.5. The van der Waals surface area contributed by atoms with Crippen LogP contribution in [0.25, 0.3) is 0 Å². The number of Topliss-reactive ketones (excluding diaryl/α,β-unsaturated/α-hetero) is 1. The zero-order valence-electron chi connectivity index (χ0n) is 25.4. The van der Waals surface area contributed by atoms with E-state index >= 15 is 0 Å². The van der Waals surface area contributed by atoms with Crippen molar-refractivity contribution in [3.05, 3.63) is 45.6 Å². The van der Waals surface area contributed by atoms with E-state index in [-0.39, 0.29) is 35.3 Å². The van der Waals surface area contributed by atoms with Crippen LogP contribution >= 0.6 is 11.3 Å². The summed E-state index contributed by atoms with van der Waals surface area (Å²) >= 11 is 1.63. The monoisotopic (exact) mass is 604 g/mol. The average Bonchev–Trinajstić information content (AvgIpc) is 3.49. The Hall–Kier alpha value is -2.43. The Bertz CT molecular complexity index is 1380. The molecule has 1 aromatic heterocycles. The van der Waals surface area contributed by atoms with Crippen LogP contribution in [0.2, 0.25) is 0 Å². The van der Waals surface area contributed by atoms with Crippen molar-refractivity contribution in [3.8, 4) is 11.5 Å². The Morgan fingerprint density at radius 3 is 2.37 bits per heavy atom. The summed E-state index contributed by atoms with van der Waals surface area (Å²) in [4.78, 5) is 30.9. The summed E-state index contributed by atoms with van der Waals surface area (Å²) in [7, 11) is -0.723. The number of ether oxygens (including phenoxy) is 2. The van der Waals surface area contributed by atoms with Gasteiger partial charge < -0.3 is 14.4 Å². The normalized spacial score (nSPS) is 21.6. The van der Waals surface area contributed by atoms with E-state index in [4.69, 9.17) is 9.47 Å². The molecule has 2 atom stereocenters. The quantitative estimate of drug-likeness (QED) is 0.317. The fourth-order valence-electron chi connectivity index (χ4n) is 6.69. The standard InChI is InChI=1S/C31H44N2O6S2/c1-21(2)33(41(36,37)20-31-14-12-24(17-28(31)34)30(31,4)5)19-29(35)32(18-25-10-8-22(3)40-25)15-13-23-9-11-26(38-6)27(16-23)39-7/h8-11,16,21,24H,12-15,17-20H2,1-7H3. The minimum Gasteiger partial charge on any atom is -0.493 e. The highest BCUT2D eigenvalue weighted by atomic mass is 32.2. The second kappa shape index (κ2) is 12.1. The third kappa shape index (κ3) is 6.20. The number of carbonyl (C=O) groups is 2. The minimum atomic E-state index is -3.90. The van der Waals surface area contributed by atoms with Crippen molar-refractivity contribution in [2.45, 2.75) is 72.9 Å². The zero-order chi connectivity index (χ0) is 30.2. The fraction of sp³-hybridized carbons (Fsp3) is 0.613. The number of nitrogens with zero attached hydrogens (tertiary/aromatic N) is 2. The molecule has 2 fully saturated rings. The Balaban J connectivity index is 1.55. The molecule has 0 saturated heterocycles. The molecule has 0 radical (unpaired) electrons. The van der Waals surface area contributed by atoms with E-state index in [0.29, 0.717) is 43.9 Å². The number of rotatable bonds is 13. The summed E-state index contributed by atoms with van der Waals surface area (Å²) in [6, 6.07) is 9.30. The predicted molar refractivity (Wildman–Crippen MR) is 162 cm³/mol. The maximum atomic E-state index is 14.0. The van der Waals surface area contributed by atoms with Crippen LogP contribution in [0.4, 0.5) is 0 Å². The molecule has 41 heavy (non-hydrogen) atoms. The number of carbonyl (C=O) groups excluding carboxylic acids is 2. The number of aryl methyl sites for hydroxylation is 1. The maximum absolute atomic E-state index is 14.0. The summed E-state index contributed by atoms with van der Waals surface area (Å²) in [5.74, 6) is 1.04. The van der Waals surface area contributed by atoms with Crippen LogP contribution in [-0.4, -0.2) is 68.4 Å². The summed E-state index contributed by atoms with van der Waals surface area (Å²) in [5.41, 5.74) is -0.270. The first kappa shape index (κ1) is 31.5. The molecular weight excluding hydrogens is 560 g/mol. The topological polar surface area (TPSA) is 93.2 Å². The number of benzene rings is 1. The number of ketones is 1. The van der Waals surface area contributed by atoms with Gasteiger partial charge in [-0.15, -0.1) is 11.3 Å². The van der Waals surface area contributed by atoms with E-state index in [1.54, 1.807) is 44.3 Å². The number of hydrogen-bond acceptors (Lipinski definition) is 7. The molecule has 226 valence electrons. The summed E-state index contributed by atoms with van der Waals surface area (Å²) in [6.07, 6.45) is 2.49. The van der Waals surface area contributed by atoms with Crippen molar-refractivity contribution in [1.29, 1.82) is 0 Å². The van der Waals surface area contributed by atoms with Gasteiger partial charge in [-0.1, -0.05) is 19.9 Å². The molecule has 2 saturated carbocycles. The van der Waals surface area contributed by atoms with Crippen molar-refractivity contribution in [2.75, 3.05) is 33.1 Å². The van der Waals surface area contributed by atoms with E-state index in [2.05, 4.69) is 0 Å². The van der Waals surface area contributed by atoms with Crippen LogP contribution in [0.1, 0.15) is 62.3 Å². The fourth-order valence-corrected chi connectivity index (χ4v) is 10.0. The van der Waals surface area contributed by atoms with Gasteiger partial charge in [0.1, 0.15) is 5.78 Å². The lowest BCUT2D eigenvalue weighted by molar-refractivity contribution is -0.132. The van der Waals surface area contributed by atoms with Crippen molar-refractivity contribution in [2.24, 2.45) is 16.7 Å². The van der Waals surface area contributed by atoms with Gasteiger partial charge in [0.05, 0.1) is 33.1 Å². The number of amides is 1. The molecule has 1 amide bonds. The van der Waals surface area contributed by atoms with E-state index in [9.17, 15) is 18.0 Å². The highest BCUT2D eigenvalue weighted by Gasteiger charge is 2.65. The van der Waals surface area contributed by atoms with Gasteiger partial charge in [-0.2, -0.15) is 4.31 Å². The van der Waals surface area contributed by atoms with Gasteiger partial charge >= 0.3 is 0 Å². The van der Waals surface area contributed by atoms with Gasteiger partial charge in [-0.3, -0.25) is 9.59 Å². The van der Waals surface area contributed by atoms with Crippen LogP contribution in [0.5, 0.6) is 11.5 Å². The van der Waals surface area contributed by atoms with Crippen molar-refractivity contribution >= 4 is 33.1 Å². The highest BCUT2D eigenvalue weighted by Crippen LogP contribution is 2.64. The molecule has 2 aliphatic rings. The molecule has 2 aliphatic carbocycles. The number of methoxy groups -OCH3 is 2. The van der Waals surface area contributed by atoms with E-state index in [1.807, 2.05) is 51.1 Å². The van der Waals surface area contributed by atoms with E-state index < -0.39 is 21.5 Å². The highest BCUT2D eigenvalue weighted by molar-refractivity contribution is 7.89. The number of sulfonamides is 1. The Morgan fingerprint density at radius 2 is 1.83 bits per heavy atom. The molecule has 10 heteroatoms. The van der Waals surface area contributed by atoms with Crippen molar-refractivity contribution in [1.82, 2.24) is 9.21 Å². The first-order valence-electron chi connectivity index (χ1n) is 14.3. The van der Waals surface area contributed by atoms with Gasteiger partial charge in [-0.05, 0) is 81.2 Å². The molecule has 2 unspecified atom stereocenters. The number of fused-ring (bicyclic) bond motifs is 2. The summed E-state index contributed by atoms with van der Waals surface area (Å²) in [5, 5.41) is 0. The van der Waals surface area contributed by atoms with Crippen LogP contribution < -0.4 is 9.47 Å². The summed E-state index contributed by atoms with van der Waals surface area (Å²) in [6.45, 7) is 10.2. The third-order valence-electron chi connectivity index (χ3n) is 9.41. The molecule has 1 aromatic carbocycles. The van der Waals surface area contributed by atoms with Gasteiger partial charge in [-0.25, -0.2) is 8.42 Å². The van der Waals surface area contributed by atoms with Crippen LogP contribution in [0.3, 0.4) is 0 Å². The number of hydrogen-bond donors (Lipinski definition) is 0. The zero-order valence-corrected chi connectivity index (χ0v) is 27.0. The second-order valence-corrected chi connectivity index (χ2v) is 15.6.